The van der Waals surface area contributed by atoms with Crippen LogP contribution in [0.3, 0.4) is 0 Å². The van der Waals surface area contributed by atoms with Crippen molar-refractivity contribution in [3.8, 4) is 0 Å². The second-order valence-electron chi connectivity index (χ2n) is 6.01. The molecule has 1 aliphatic rings. The van der Waals surface area contributed by atoms with Crippen LogP contribution in [-0.2, 0) is 4.79 Å². The number of furan rings is 1. The fourth-order valence-electron chi connectivity index (χ4n) is 2.79. The summed E-state index contributed by atoms with van der Waals surface area (Å²) >= 11 is 0. The molecule has 1 aromatic carbocycles. The molecular formula is C18H19FN2O3. The van der Waals surface area contributed by atoms with E-state index in [0.29, 0.717) is 11.4 Å². The summed E-state index contributed by atoms with van der Waals surface area (Å²) in [5, 5.41) is 2.57. The van der Waals surface area contributed by atoms with Gasteiger partial charge in [0.15, 0.2) is 0 Å². The molecule has 0 unspecified atom stereocenters. The van der Waals surface area contributed by atoms with Crippen molar-refractivity contribution in [3.63, 3.8) is 0 Å². The monoisotopic (exact) mass is 330 g/mol. The van der Waals surface area contributed by atoms with E-state index in [2.05, 4.69) is 5.32 Å². The summed E-state index contributed by atoms with van der Waals surface area (Å²) < 4.78 is 19.6. The van der Waals surface area contributed by atoms with Gasteiger partial charge in [-0.15, -0.1) is 0 Å². The normalized spacial score (nSPS) is 15.0. The van der Waals surface area contributed by atoms with Gasteiger partial charge in [-0.25, -0.2) is 4.39 Å². The van der Waals surface area contributed by atoms with E-state index in [1.807, 2.05) is 6.92 Å². The molecule has 6 heteroatoms. The lowest BCUT2D eigenvalue weighted by atomic mass is 10.1. The Morgan fingerprint density at radius 2 is 2.08 bits per heavy atom. The molecule has 1 N–H and O–H groups in total. The molecule has 1 fully saturated rings. The summed E-state index contributed by atoms with van der Waals surface area (Å²) in [4.78, 5) is 25.8. The predicted molar refractivity (Wildman–Crippen MR) is 87.0 cm³/mol. The maximum Gasteiger partial charge on any atom is 0.257 e. The van der Waals surface area contributed by atoms with Crippen LogP contribution in [0.15, 0.2) is 41.0 Å². The second kappa shape index (κ2) is 6.47. The van der Waals surface area contributed by atoms with Crippen LogP contribution in [-0.4, -0.2) is 22.8 Å². The number of nitrogens with one attached hydrogen (secondary N) is 1. The van der Waals surface area contributed by atoms with E-state index in [1.54, 1.807) is 23.3 Å². The first-order chi connectivity index (χ1) is 11.5. The van der Waals surface area contributed by atoms with Gasteiger partial charge in [0.05, 0.1) is 17.9 Å². The molecule has 0 aliphatic heterocycles. The fourth-order valence-corrected chi connectivity index (χ4v) is 2.79. The van der Waals surface area contributed by atoms with E-state index in [0.717, 1.165) is 12.8 Å². The molecule has 126 valence electrons. The highest BCUT2D eigenvalue weighted by atomic mass is 19.1. The van der Waals surface area contributed by atoms with Gasteiger partial charge in [-0.2, -0.15) is 0 Å². The van der Waals surface area contributed by atoms with Crippen molar-refractivity contribution in [3.05, 3.63) is 53.7 Å². The summed E-state index contributed by atoms with van der Waals surface area (Å²) in [6.07, 6.45) is 3.34. The Labute approximate surface area is 139 Å². The summed E-state index contributed by atoms with van der Waals surface area (Å²) in [5.74, 6) is -0.616. The number of anilines is 1. The Balaban J connectivity index is 1.92. The zero-order valence-electron chi connectivity index (χ0n) is 13.6. The van der Waals surface area contributed by atoms with Gasteiger partial charge in [-0.05, 0) is 50.1 Å². The average molecular weight is 330 g/mol. The summed E-state index contributed by atoms with van der Waals surface area (Å²) in [6.45, 7) is 3.23. The number of carbonyl (C=O) groups is 2. The molecule has 2 amide bonds. The Kier molecular flexibility index (Phi) is 4.38. The number of halogens is 1. The maximum atomic E-state index is 14.2. The highest BCUT2D eigenvalue weighted by Crippen LogP contribution is 2.36. The summed E-state index contributed by atoms with van der Waals surface area (Å²) in [7, 11) is 0. The molecule has 0 radical (unpaired) electrons. The van der Waals surface area contributed by atoms with Gasteiger partial charge in [0.2, 0.25) is 5.91 Å². The van der Waals surface area contributed by atoms with Gasteiger partial charge in [0.1, 0.15) is 11.6 Å². The van der Waals surface area contributed by atoms with Gasteiger partial charge in [-0.3, -0.25) is 9.59 Å². The second-order valence-corrected chi connectivity index (χ2v) is 6.01. The Morgan fingerprint density at radius 1 is 1.33 bits per heavy atom. The van der Waals surface area contributed by atoms with Crippen LogP contribution in [0.4, 0.5) is 10.1 Å². The molecule has 1 heterocycles. The first-order valence-electron chi connectivity index (χ1n) is 7.90. The third-order valence-electron chi connectivity index (χ3n) is 4.06. The lowest BCUT2D eigenvalue weighted by Gasteiger charge is -2.28. The van der Waals surface area contributed by atoms with Crippen molar-refractivity contribution >= 4 is 17.5 Å². The maximum absolute atomic E-state index is 14.2. The predicted octanol–water partition coefficient (Wildman–Crippen LogP) is 3.74. The van der Waals surface area contributed by atoms with Crippen molar-refractivity contribution in [1.29, 1.82) is 0 Å². The van der Waals surface area contributed by atoms with Crippen LogP contribution in [0.25, 0.3) is 0 Å². The minimum absolute atomic E-state index is 0.0495. The van der Waals surface area contributed by atoms with E-state index in [1.165, 1.54) is 25.1 Å². The van der Waals surface area contributed by atoms with E-state index in [4.69, 9.17) is 4.42 Å². The van der Waals surface area contributed by atoms with Gasteiger partial charge < -0.3 is 14.6 Å². The lowest BCUT2D eigenvalue weighted by molar-refractivity contribution is -0.114. The number of amides is 2. The minimum atomic E-state index is -0.605. The molecule has 24 heavy (non-hydrogen) atoms. The molecule has 0 saturated heterocycles. The van der Waals surface area contributed by atoms with Gasteiger partial charge >= 0.3 is 0 Å². The van der Waals surface area contributed by atoms with Gasteiger partial charge in [0.25, 0.3) is 5.91 Å². The molecular weight excluding hydrogens is 311 g/mol. The van der Waals surface area contributed by atoms with E-state index >= 15 is 0 Å². The van der Waals surface area contributed by atoms with Crippen molar-refractivity contribution in [2.75, 3.05) is 5.32 Å². The molecule has 1 aliphatic carbocycles. The molecule has 3 rings (SSSR count). The zero-order valence-corrected chi connectivity index (χ0v) is 13.6. The minimum Gasteiger partial charge on any atom is -0.467 e. The van der Waals surface area contributed by atoms with Gasteiger partial charge in [-0.1, -0.05) is 0 Å². The molecule has 0 spiro atoms. The first kappa shape index (κ1) is 16.2. The zero-order chi connectivity index (χ0) is 17.3. The van der Waals surface area contributed by atoms with E-state index in [-0.39, 0.29) is 23.6 Å². The number of hydrogen-bond acceptors (Lipinski definition) is 3. The van der Waals surface area contributed by atoms with Crippen LogP contribution in [0.2, 0.25) is 0 Å². The quantitative estimate of drug-likeness (QED) is 0.908. The molecule has 0 bridgehead atoms. The van der Waals surface area contributed by atoms with Crippen LogP contribution in [0.5, 0.6) is 0 Å². The van der Waals surface area contributed by atoms with Crippen molar-refractivity contribution < 1.29 is 18.4 Å². The summed E-state index contributed by atoms with van der Waals surface area (Å²) in [5.41, 5.74) is 0.347. The molecule has 2 aromatic rings. The van der Waals surface area contributed by atoms with Crippen LogP contribution >= 0.6 is 0 Å². The van der Waals surface area contributed by atoms with Crippen LogP contribution in [0, 0.1) is 5.82 Å². The Hall–Kier alpha value is -2.63. The molecule has 1 aromatic heterocycles. The third-order valence-corrected chi connectivity index (χ3v) is 4.06. The number of rotatable bonds is 5. The highest BCUT2D eigenvalue weighted by molar-refractivity contribution is 5.97. The topological polar surface area (TPSA) is 62.6 Å². The average Bonchev–Trinajstić information content (AvgIpc) is 3.20. The van der Waals surface area contributed by atoms with Crippen molar-refractivity contribution in [1.82, 2.24) is 4.90 Å². The fraction of sp³-hybridized carbons (Fsp3) is 0.333. The Morgan fingerprint density at radius 3 is 2.67 bits per heavy atom. The first-order valence-corrected chi connectivity index (χ1v) is 7.90. The number of carbonyl (C=O) groups excluding carboxylic acids is 2. The molecule has 1 atom stereocenters. The van der Waals surface area contributed by atoms with Crippen LogP contribution < -0.4 is 5.32 Å². The SMILES string of the molecule is CC(=O)Nc1ccc(F)c(C(=O)N(C2CC2)[C@H](C)c2ccco2)c1. The standard InChI is InChI=1S/C18H19FN2O3/c1-11(17-4-3-9-24-17)21(14-6-7-14)18(23)15-10-13(20-12(2)22)5-8-16(15)19/h3-5,8-11,14H,6-7H2,1-2H3,(H,20,22)/t11-/m1/s1. The third kappa shape index (κ3) is 3.32. The number of hydrogen-bond donors (Lipinski definition) is 1. The largest absolute Gasteiger partial charge is 0.467 e. The van der Waals surface area contributed by atoms with Gasteiger partial charge in [0, 0.05) is 18.7 Å². The van der Waals surface area contributed by atoms with Crippen LogP contribution in [0.1, 0.15) is 48.8 Å². The Bertz CT molecular complexity index is 754. The van der Waals surface area contributed by atoms with E-state index in [9.17, 15) is 14.0 Å². The number of benzene rings is 1. The summed E-state index contributed by atoms with van der Waals surface area (Å²) in [6, 6.07) is 7.37. The lowest BCUT2D eigenvalue weighted by Crippen LogP contribution is -2.36. The highest BCUT2D eigenvalue weighted by Gasteiger charge is 2.38. The molecule has 1 saturated carbocycles. The van der Waals surface area contributed by atoms with Crippen molar-refractivity contribution in [2.24, 2.45) is 0 Å². The number of nitrogens with zero attached hydrogens (tertiary/aromatic N) is 1. The van der Waals surface area contributed by atoms with Crippen molar-refractivity contribution in [2.45, 2.75) is 38.8 Å². The smallest absolute Gasteiger partial charge is 0.257 e. The van der Waals surface area contributed by atoms with E-state index < -0.39 is 11.7 Å². The molecule has 5 nitrogen and oxygen atoms in total.